The molecule has 1 aromatic heterocycles. The second-order valence-corrected chi connectivity index (χ2v) is 5.58. The summed E-state index contributed by atoms with van der Waals surface area (Å²) < 4.78 is 0. The van der Waals surface area contributed by atoms with E-state index in [4.69, 9.17) is 0 Å². The van der Waals surface area contributed by atoms with Crippen LogP contribution in [0.25, 0.3) is 0 Å². The Morgan fingerprint density at radius 1 is 1.41 bits per heavy atom. The van der Waals surface area contributed by atoms with Crippen LogP contribution in [0.3, 0.4) is 0 Å². The van der Waals surface area contributed by atoms with Gasteiger partial charge in [0.25, 0.3) is 0 Å². The van der Waals surface area contributed by atoms with Gasteiger partial charge in [-0.1, -0.05) is 6.07 Å². The molecule has 1 saturated heterocycles. The van der Waals surface area contributed by atoms with Gasteiger partial charge in [-0.25, -0.2) is 0 Å². The molecule has 17 heavy (non-hydrogen) atoms. The number of piperazine rings is 1. The van der Waals surface area contributed by atoms with Crippen molar-refractivity contribution in [3.05, 3.63) is 29.6 Å². The molecule has 0 bridgehead atoms. The van der Waals surface area contributed by atoms with Gasteiger partial charge in [0, 0.05) is 43.6 Å². The van der Waals surface area contributed by atoms with Gasteiger partial charge in [-0.2, -0.15) is 0 Å². The molecule has 0 atom stereocenters. The average Bonchev–Trinajstić information content (AvgIpc) is 2.31. The molecule has 1 N–H and O–H groups in total. The van der Waals surface area contributed by atoms with E-state index >= 15 is 0 Å². The lowest BCUT2D eigenvalue weighted by molar-refractivity contribution is 0.0667. The van der Waals surface area contributed by atoms with E-state index < -0.39 is 0 Å². The summed E-state index contributed by atoms with van der Waals surface area (Å²) in [6.45, 7) is 6.60. The van der Waals surface area contributed by atoms with Crippen molar-refractivity contribution in [2.75, 3.05) is 19.6 Å². The molecule has 0 amide bonds. The van der Waals surface area contributed by atoms with E-state index in [9.17, 15) is 0 Å². The Hall–Kier alpha value is -0.930. The highest BCUT2D eigenvalue weighted by atomic mass is 15.2. The second-order valence-electron chi connectivity index (χ2n) is 5.58. The molecule has 1 aliphatic heterocycles. The molecule has 2 aliphatic rings. The topological polar surface area (TPSA) is 28.2 Å². The Balaban J connectivity index is 1.63. The molecule has 2 heterocycles. The molecular weight excluding hydrogens is 210 g/mol. The van der Waals surface area contributed by atoms with Crippen molar-refractivity contribution < 1.29 is 0 Å². The largest absolute Gasteiger partial charge is 0.309 e. The fourth-order valence-electron chi connectivity index (χ4n) is 2.97. The van der Waals surface area contributed by atoms with Gasteiger partial charge in [-0.3, -0.25) is 9.88 Å². The van der Waals surface area contributed by atoms with E-state index in [2.05, 4.69) is 27.3 Å². The highest BCUT2D eigenvalue weighted by molar-refractivity contribution is 5.13. The maximum absolute atomic E-state index is 4.37. The Bertz CT molecular complexity index is 381. The van der Waals surface area contributed by atoms with Crippen molar-refractivity contribution in [2.24, 2.45) is 0 Å². The first-order valence-electron chi connectivity index (χ1n) is 6.65. The molecule has 3 nitrogen and oxygen atoms in total. The number of nitrogens with one attached hydrogen (secondary N) is 1. The molecule has 1 aromatic rings. The van der Waals surface area contributed by atoms with E-state index in [1.165, 1.54) is 31.4 Å². The van der Waals surface area contributed by atoms with E-state index in [1.807, 2.05) is 13.1 Å². The normalized spacial score (nSPS) is 23.6. The Kier molecular flexibility index (Phi) is 2.89. The lowest BCUT2D eigenvalue weighted by Crippen LogP contribution is -2.63. The minimum Gasteiger partial charge on any atom is -0.309 e. The van der Waals surface area contributed by atoms with Crippen LogP contribution in [-0.4, -0.2) is 35.1 Å². The number of aromatic nitrogens is 1. The van der Waals surface area contributed by atoms with E-state index in [0.29, 0.717) is 5.54 Å². The summed E-state index contributed by atoms with van der Waals surface area (Å²) in [7, 11) is 0. The summed E-state index contributed by atoms with van der Waals surface area (Å²) in [5.41, 5.74) is 2.90. The molecule has 3 rings (SSSR count). The van der Waals surface area contributed by atoms with Gasteiger partial charge in [-0.05, 0) is 37.8 Å². The van der Waals surface area contributed by atoms with Crippen LogP contribution in [0.5, 0.6) is 0 Å². The van der Waals surface area contributed by atoms with Crippen molar-refractivity contribution in [1.29, 1.82) is 0 Å². The van der Waals surface area contributed by atoms with E-state index in [-0.39, 0.29) is 0 Å². The van der Waals surface area contributed by atoms with Crippen LogP contribution in [0.4, 0.5) is 0 Å². The fourth-order valence-corrected chi connectivity index (χ4v) is 2.97. The van der Waals surface area contributed by atoms with Crippen LogP contribution in [0, 0.1) is 6.92 Å². The molecular formula is C14H21N3. The molecule has 0 radical (unpaired) electrons. The zero-order chi connectivity index (χ0) is 11.7. The molecule has 3 heteroatoms. The van der Waals surface area contributed by atoms with Crippen molar-refractivity contribution in [1.82, 2.24) is 15.2 Å². The van der Waals surface area contributed by atoms with Crippen LogP contribution in [0.1, 0.15) is 30.5 Å². The van der Waals surface area contributed by atoms with E-state index in [1.54, 1.807) is 0 Å². The standard InChI is InChI=1S/C14H21N3/c1-12-3-4-13(9-15-12)10-17-8-7-16-14(11-17)5-2-6-14/h3-4,9,16H,2,5-8,10-11H2,1H3. The third-order valence-corrected chi connectivity index (χ3v) is 4.14. The average molecular weight is 231 g/mol. The van der Waals surface area contributed by atoms with Gasteiger partial charge >= 0.3 is 0 Å². The Morgan fingerprint density at radius 2 is 2.29 bits per heavy atom. The molecule has 2 fully saturated rings. The van der Waals surface area contributed by atoms with Crippen LogP contribution in [0.15, 0.2) is 18.3 Å². The van der Waals surface area contributed by atoms with Crippen LogP contribution in [-0.2, 0) is 6.54 Å². The van der Waals surface area contributed by atoms with Crippen molar-refractivity contribution >= 4 is 0 Å². The third kappa shape index (κ3) is 2.35. The van der Waals surface area contributed by atoms with Crippen molar-refractivity contribution in [3.63, 3.8) is 0 Å². The number of nitrogens with zero attached hydrogens (tertiary/aromatic N) is 2. The van der Waals surface area contributed by atoms with Gasteiger partial charge in [0.05, 0.1) is 0 Å². The summed E-state index contributed by atoms with van der Waals surface area (Å²) in [5, 5.41) is 3.70. The minimum atomic E-state index is 0.455. The summed E-state index contributed by atoms with van der Waals surface area (Å²) in [5.74, 6) is 0. The summed E-state index contributed by atoms with van der Waals surface area (Å²) in [4.78, 5) is 6.94. The number of pyridine rings is 1. The predicted molar refractivity (Wildman–Crippen MR) is 68.8 cm³/mol. The van der Waals surface area contributed by atoms with Gasteiger partial charge in [0.15, 0.2) is 0 Å². The highest BCUT2D eigenvalue weighted by Crippen LogP contribution is 2.34. The van der Waals surface area contributed by atoms with Gasteiger partial charge in [-0.15, -0.1) is 0 Å². The molecule has 92 valence electrons. The highest BCUT2D eigenvalue weighted by Gasteiger charge is 2.40. The van der Waals surface area contributed by atoms with Crippen molar-refractivity contribution in [3.8, 4) is 0 Å². The summed E-state index contributed by atoms with van der Waals surface area (Å²) in [6, 6.07) is 4.31. The molecule has 1 aliphatic carbocycles. The SMILES string of the molecule is Cc1ccc(CN2CCNC3(CCC3)C2)cn1. The number of hydrogen-bond donors (Lipinski definition) is 1. The molecule has 1 spiro atoms. The first kappa shape index (κ1) is 11.2. The maximum atomic E-state index is 4.37. The summed E-state index contributed by atoms with van der Waals surface area (Å²) >= 11 is 0. The Morgan fingerprint density at radius 3 is 2.94 bits per heavy atom. The maximum Gasteiger partial charge on any atom is 0.0372 e. The van der Waals surface area contributed by atoms with Crippen molar-refractivity contribution in [2.45, 2.75) is 38.3 Å². The van der Waals surface area contributed by atoms with Crippen LogP contribution < -0.4 is 5.32 Å². The third-order valence-electron chi connectivity index (χ3n) is 4.14. The van der Waals surface area contributed by atoms with Gasteiger partial charge in [0.2, 0.25) is 0 Å². The monoisotopic (exact) mass is 231 g/mol. The van der Waals surface area contributed by atoms with Gasteiger partial charge < -0.3 is 5.32 Å². The lowest BCUT2D eigenvalue weighted by Gasteiger charge is -2.49. The zero-order valence-electron chi connectivity index (χ0n) is 10.6. The second kappa shape index (κ2) is 4.39. The van der Waals surface area contributed by atoms with E-state index in [0.717, 1.165) is 25.3 Å². The number of hydrogen-bond acceptors (Lipinski definition) is 3. The quantitative estimate of drug-likeness (QED) is 0.840. The van der Waals surface area contributed by atoms with Gasteiger partial charge in [0.1, 0.15) is 0 Å². The molecule has 0 aromatic carbocycles. The van der Waals surface area contributed by atoms with Crippen LogP contribution >= 0.6 is 0 Å². The minimum absolute atomic E-state index is 0.455. The zero-order valence-corrected chi connectivity index (χ0v) is 10.6. The smallest absolute Gasteiger partial charge is 0.0372 e. The number of aryl methyl sites for hydroxylation is 1. The predicted octanol–water partition coefficient (Wildman–Crippen LogP) is 1.72. The first-order chi connectivity index (χ1) is 8.26. The molecule has 0 unspecified atom stereocenters. The summed E-state index contributed by atoms with van der Waals surface area (Å²) in [6.07, 6.45) is 6.13. The fraction of sp³-hybridized carbons (Fsp3) is 0.643. The Labute approximate surface area is 103 Å². The molecule has 1 saturated carbocycles. The first-order valence-corrected chi connectivity index (χ1v) is 6.65. The number of rotatable bonds is 2. The van der Waals surface area contributed by atoms with Crippen LogP contribution in [0.2, 0.25) is 0 Å². The lowest BCUT2D eigenvalue weighted by atomic mass is 9.75.